The molecule has 2 aromatic carbocycles. The van der Waals surface area contributed by atoms with Crippen molar-refractivity contribution < 1.29 is 45.0 Å². The van der Waals surface area contributed by atoms with E-state index in [1.54, 1.807) is 24.3 Å². The van der Waals surface area contributed by atoms with Gasteiger partial charge < -0.3 is 30.6 Å². The average Bonchev–Trinajstić information content (AvgIpc) is 2.88. The average molecular weight is 521 g/mol. The number of carboxylic acid groups (broad SMARTS) is 2. The first kappa shape index (κ1) is 35.5. The number of carbonyl (C=O) groups is 1. The van der Waals surface area contributed by atoms with Crippen molar-refractivity contribution >= 4 is 29.7 Å². The Morgan fingerprint density at radius 1 is 0.568 bits per heavy atom. The van der Waals surface area contributed by atoms with Crippen LogP contribution < -0.4 is 0 Å². The predicted molar refractivity (Wildman–Crippen MR) is 138 cm³/mol. The lowest BCUT2D eigenvalue weighted by Crippen LogP contribution is -1.86. The van der Waals surface area contributed by atoms with Crippen LogP contribution in [0.25, 0.3) is 0 Å². The van der Waals surface area contributed by atoms with Crippen LogP contribution in [0.4, 0.5) is 16.2 Å². The topological polar surface area (TPSA) is 197 Å². The summed E-state index contributed by atoms with van der Waals surface area (Å²) in [5.74, 6) is 0. The molecule has 0 heterocycles. The fourth-order valence-electron chi connectivity index (χ4n) is 2.52. The normalized spacial score (nSPS) is 8.97. The van der Waals surface area contributed by atoms with E-state index in [0.29, 0.717) is 11.4 Å². The largest absolute Gasteiger partial charge is 0.503 e. The molecule has 0 radical (unpaired) electrons. The molecule has 0 spiro atoms. The molecule has 37 heavy (non-hydrogen) atoms. The van der Waals surface area contributed by atoms with Gasteiger partial charge in [0.2, 0.25) is 12.2 Å². The van der Waals surface area contributed by atoms with Crippen molar-refractivity contribution in [1.82, 2.24) is 0 Å². The van der Waals surface area contributed by atoms with Crippen molar-refractivity contribution in [2.45, 2.75) is 44.9 Å². The lowest BCUT2D eigenvalue weighted by Gasteiger charge is -2.02. The van der Waals surface area contributed by atoms with Crippen LogP contribution in [0.15, 0.2) is 58.5 Å². The molecule has 0 saturated carbocycles. The van der Waals surface area contributed by atoms with Crippen LogP contribution in [0.5, 0.6) is 0 Å². The molecule has 2 aromatic rings. The predicted octanol–water partition coefficient (Wildman–Crippen LogP) is 3.72. The summed E-state index contributed by atoms with van der Waals surface area (Å²) in [4.78, 5) is 35.8. The van der Waals surface area contributed by atoms with Gasteiger partial charge in [-0.25, -0.2) is 14.4 Å². The van der Waals surface area contributed by atoms with E-state index < -0.39 is 6.16 Å². The Hall–Kier alpha value is -3.69. The number of aliphatic hydroxyl groups is 4. The third kappa shape index (κ3) is 25.2. The maximum atomic E-state index is 10.1. The van der Waals surface area contributed by atoms with Gasteiger partial charge in [-0.2, -0.15) is 9.98 Å². The van der Waals surface area contributed by atoms with Gasteiger partial charge in [-0.3, -0.25) is 0 Å². The van der Waals surface area contributed by atoms with Crippen LogP contribution in [-0.2, 0) is 16.0 Å². The maximum absolute atomic E-state index is 10.1. The van der Waals surface area contributed by atoms with Gasteiger partial charge in [-0.1, -0.05) is 37.1 Å². The van der Waals surface area contributed by atoms with Crippen molar-refractivity contribution in [1.29, 1.82) is 0 Å². The summed E-state index contributed by atoms with van der Waals surface area (Å²) in [7, 11) is 0. The lowest BCUT2D eigenvalue weighted by molar-refractivity contribution is 0.137. The van der Waals surface area contributed by atoms with Crippen molar-refractivity contribution in [2.75, 3.05) is 26.4 Å². The molecule has 0 fully saturated rings. The molecule has 0 saturated heterocycles. The monoisotopic (exact) mass is 520 g/mol. The van der Waals surface area contributed by atoms with Gasteiger partial charge in [-0.05, 0) is 67.5 Å². The van der Waals surface area contributed by atoms with E-state index >= 15 is 0 Å². The second kappa shape index (κ2) is 26.9. The Bertz CT molecular complexity index is 833. The zero-order valence-electron chi connectivity index (χ0n) is 20.7. The van der Waals surface area contributed by atoms with Crippen LogP contribution in [0.1, 0.15) is 49.7 Å². The van der Waals surface area contributed by atoms with Crippen molar-refractivity contribution in [3.05, 3.63) is 59.7 Å². The third-order valence-electron chi connectivity index (χ3n) is 4.26. The number of hydrogen-bond acceptors (Lipinski definition) is 9. The summed E-state index contributed by atoms with van der Waals surface area (Å²) < 4.78 is 0. The highest BCUT2D eigenvalue weighted by atomic mass is 16.6. The zero-order chi connectivity index (χ0) is 28.2. The molecule has 11 heteroatoms. The second-order valence-corrected chi connectivity index (χ2v) is 7.21. The summed E-state index contributed by atoms with van der Waals surface area (Å²) in [6, 6.07) is 14.7. The minimum atomic E-state index is -1.83. The minimum absolute atomic E-state index is 0.195. The summed E-state index contributed by atoms with van der Waals surface area (Å²) in [6.07, 6.45) is 7.20. The maximum Gasteiger partial charge on any atom is 0.503 e. The second-order valence-electron chi connectivity index (χ2n) is 7.21. The number of unbranched alkanes of at least 4 members (excludes halogenated alkanes) is 4. The van der Waals surface area contributed by atoms with Gasteiger partial charge in [0.05, 0.1) is 11.4 Å². The molecule has 204 valence electrons. The molecule has 0 aromatic heterocycles. The Morgan fingerprint density at radius 3 is 1.08 bits per heavy atom. The quantitative estimate of drug-likeness (QED) is 0.137. The van der Waals surface area contributed by atoms with Gasteiger partial charge >= 0.3 is 6.16 Å². The van der Waals surface area contributed by atoms with E-state index in [1.807, 2.05) is 24.3 Å². The van der Waals surface area contributed by atoms with Crippen molar-refractivity contribution in [3.8, 4) is 0 Å². The summed E-state index contributed by atoms with van der Waals surface area (Å²) in [5, 5.41) is 46.7. The number of aliphatic hydroxyl groups excluding tert-OH is 4. The molecular weight excluding hydrogens is 484 g/mol. The highest BCUT2D eigenvalue weighted by Gasteiger charge is 1.98. The molecule has 0 aliphatic rings. The fourth-order valence-corrected chi connectivity index (χ4v) is 2.52. The smallest absolute Gasteiger partial charge is 0.450 e. The van der Waals surface area contributed by atoms with E-state index in [1.165, 1.54) is 12.2 Å². The zero-order valence-corrected chi connectivity index (χ0v) is 20.7. The lowest BCUT2D eigenvalue weighted by atomic mass is 10.0. The number of aliphatic imine (C=N–C) groups is 2. The van der Waals surface area contributed by atoms with Crippen LogP contribution in [0, 0.1) is 0 Å². The number of carbonyl (C=O) groups excluding carboxylic acids is 2. The Balaban J connectivity index is 0. The van der Waals surface area contributed by atoms with Gasteiger partial charge in [0.1, 0.15) is 0 Å². The Labute approximate surface area is 216 Å². The van der Waals surface area contributed by atoms with Crippen LogP contribution in [-0.4, -0.2) is 75.4 Å². The standard InChI is InChI=1S/C15H10N2O2.C6H14O2.C4H10O2.CH2O3/c18-10-16-14-5-1-12(2-6-14)9-13-3-7-15(8-4-13)17-11-19;7-5-3-1-2-4-6-8;5-3-1-2-4-6;2-1(3)4/h1-8H,9H2;7-8H,1-6H2;5-6H,1-4H2;(H2,2,3,4). The minimum Gasteiger partial charge on any atom is -0.450 e. The summed E-state index contributed by atoms with van der Waals surface area (Å²) in [5.41, 5.74) is 3.40. The molecule has 0 unspecified atom stereocenters. The van der Waals surface area contributed by atoms with Crippen molar-refractivity contribution in [2.24, 2.45) is 9.98 Å². The van der Waals surface area contributed by atoms with Gasteiger partial charge in [-0.15, -0.1) is 0 Å². The molecule has 6 N–H and O–H groups in total. The first-order valence-corrected chi connectivity index (χ1v) is 11.6. The number of isocyanates is 2. The highest BCUT2D eigenvalue weighted by Crippen LogP contribution is 2.17. The van der Waals surface area contributed by atoms with E-state index in [4.69, 9.17) is 35.4 Å². The Morgan fingerprint density at radius 2 is 0.838 bits per heavy atom. The molecule has 0 aliphatic carbocycles. The van der Waals surface area contributed by atoms with Crippen molar-refractivity contribution in [3.63, 3.8) is 0 Å². The molecule has 0 aliphatic heterocycles. The Kier molecular flexibility index (Phi) is 25.8. The van der Waals surface area contributed by atoms with E-state index in [-0.39, 0.29) is 26.4 Å². The first-order chi connectivity index (χ1) is 17.9. The molecule has 0 bridgehead atoms. The SMILES string of the molecule is O=C(O)O.O=C=Nc1ccc(Cc2ccc(N=C=O)cc2)cc1.OCCCCCCO.OCCCCO. The van der Waals surface area contributed by atoms with Gasteiger partial charge in [0.15, 0.2) is 0 Å². The first-order valence-electron chi connectivity index (χ1n) is 11.6. The number of benzene rings is 2. The van der Waals surface area contributed by atoms with Gasteiger partial charge in [0.25, 0.3) is 0 Å². The number of nitrogens with zero attached hydrogens (tertiary/aromatic N) is 2. The molecule has 2 rings (SSSR count). The van der Waals surface area contributed by atoms with Crippen LogP contribution in [0.3, 0.4) is 0 Å². The van der Waals surface area contributed by atoms with Crippen LogP contribution in [0.2, 0.25) is 0 Å². The van der Waals surface area contributed by atoms with E-state index in [0.717, 1.165) is 56.1 Å². The molecule has 11 nitrogen and oxygen atoms in total. The van der Waals surface area contributed by atoms with Gasteiger partial charge in [0, 0.05) is 26.4 Å². The summed E-state index contributed by atoms with van der Waals surface area (Å²) in [6.45, 7) is 0.956. The van der Waals surface area contributed by atoms with E-state index in [9.17, 15) is 9.59 Å². The highest BCUT2D eigenvalue weighted by molar-refractivity contribution is 5.53. The third-order valence-corrected chi connectivity index (χ3v) is 4.26. The molecule has 0 amide bonds. The van der Waals surface area contributed by atoms with E-state index in [2.05, 4.69) is 9.98 Å². The molecular formula is C26H36N2O9. The van der Waals surface area contributed by atoms with Crippen LogP contribution >= 0.6 is 0 Å². The number of rotatable bonds is 12. The molecule has 0 atom stereocenters. The number of hydrogen-bond donors (Lipinski definition) is 6. The summed E-state index contributed by atoms with van der Waals surface area (Å²) >= 11 is 0. The fraction of sp³-hybridized carbons (Fsp3) is 0.423.